The average Bonchev–Trinajstić information content (AvgIpc) is 2.80. The van der Waals surface area contributed by atoms with Gasteiger partial charge in [0.2, 0.25) is 0 Å². The lowest BCUT2D eigenvalue weighted by Gasteiger charge is -2.31. The third-order valence-corrected chi connectivity index (χ3v) is 4.33. The Hall–Kier alpha value is -0.580. The van der Waals surface area contributed by atoms with E-state index in [1.165, 1.54) is 43.7 Å². The van der Waals surface area contributed by atoms with Gasteiger partial charge in [-0.25, -0.2) is 0 Å². The number of halogens is 1. The summed E-state index contributed by atoms with van der Waals surface area (Å²) in [5.41, 5.74) is 2.58. The number of nitrogens with one attached hydrogen (secondary N) is 1. The van der Waals surface area contributed by atoms with Gasteiger partial charge in [0.15, 0.2) is 0 Å². The molecule has 0 radical (unpaired) electrons. The molecule has 1 N–H and O–H groups in total. The molecule has 0 spiro atoms. The van der Waals surface area contributed by atoms with Crippen LogP contribution in [-0.4, -0.2) is 40.9 Å². The van der Waals surface area contributed by atoms with E-state index in [9.17, 15) is 0 Å². The maximum atomic E-state index is 4.61. The maximum Gasteiger partial charge on any atom is 0.0638 e. The molecule has 1 aliphatic heterocycles. The maximum absolute atomic E-state index is 4.61. The third kappa shape index (κ3) is 5.28. The van der Waals surface area contributed by atoms with Gasteiger partial charge in [-0.15, -0.1) is 12.4 Å². The molecule has 2 heterocycles. The second-order valence-corrected chi connectivity index (χ2v) is 6.34. The quantitative estimate of drug-likeness (QED) is 0.876. The van der Waals surface area contributed by atoms with Gasteiger partial charge in [-0.1, -0.05) is 6.92 Å². The molecule has 4 nitrogen and oxygen atoms in total. The second kappa shape index (κ2) is 8.76. The van der Waals surface area contributed by atoms with Gasteiger partial charge < -0.3 is 5.32 Å². The van der Waals surface area contributed by atoms with E-state index in [0.29, 0.717) is 6.04 Å². The van der Waals surface area contributed by atoms with Crippen LogP contribution in [0.2, 0.25) is 0 Å². The van der Waals surface area contributed by atoms with Crippen LogP contribution in [0.4, 0.5) is 0 Å². The number of piperidine rings is 1. The van der Waals surface area contributed by atoms with Gasteiger partial charge in [0.1, 0.15) is 0 Å². The number of rotatable bonds is 6. The summed E-state index contributed by atoms with van der Waals surface area (Å²) in [7, 11) is 0. The van der Waals surface area contributed by atoms with E-state index in [4.69, 9.17) is 0 Å². The van der Waals surface area contributed by atoms with Crippen molar-refractivity contribution in [2.24, 2.45) is 5.92 Å². The van der Waals surface area contributed by atoms with E-state index < -0.39 is 0 Å². The average molecular weight is 315 g/mol. The van der Waals surface area contributed by atoms with Crippen molar-refractivity contribution in [2.45, 2.75) is 53.1 Å². The summed E-state index contributed by atoms with van der Waals surface area (Å²) in [6.07, 6.45) is 4.87. The molecule has 5 heteroatoms. The molecule has 0 atom stereocenters. The molecule has 1 aromatic rings. The van der Waals surface area contributed by atoms with Gasteiger partial charge in [-0.05, 0) is 65.7 Å². The Kier molecular flexibility index (Phi) is 7.71. The molecule has 2 rings (SSSR count). The van der Waals surface area contributed by atoms with E-state index in [1.54, 1.807) is 0 Å². The number of likely N-dealkylation sites (tertiary alicyclic amines) is 1. The first-order valence-corrected chi connectivity index (χ1v) is 8.07. The molecule has 0 aliphatic carbocycles. The van der Waals surface area contributed by atoms with Gasteiger partial charge in [-0.3, -0.25) is 9.58 Å². The van der Waals surface area contributed by atoms with E-state index >= 15 is 0 Å². The molecule has 21 heavy (non-hydrogen) atoms. The summed E-state index contributed by atoms with van der Waals surface area (Å²) in [6, 6.07) is 0.452. The molecule has 0 aromatic carbocycles. The predicted molar refractivity (Wildman–Crippen MR) is 91.1 cm³/mol. The standard InChI is InChI=1S/C16H30N4.ClH/c1-5-17-10-15-6-8-19(9-7-15)11-16-12-20(13(2)3)18-14(16)4;/h12-13,15,17H,5-11H2,1-4H3;1H. The minimum absolute atomic E-state index is 0. The zero-order chi connectivity index (χ0) is 14.5. The first kappa shape index (κ1) is 18.5. The van der Waals surface area contributed by atoms with Gasteiger partial charge in [-0.2, -0.15) is 5.10 Å². The fourth-order valence-corrected chi connectivity index (χ4v) is 2.88. The van der Waals surface area contributed by atoms with Crippen molar-refractivity contribution in [2.75, 3.05) is 26.2 Å². The van der Waals surface area contributed by atoms with Crippen molar-refractivity contribution >= 4 is 12.4 Å². The summed E-state index contributed by atoms with van der Waals surface area (Å²) in [5, 5.41) is 8.09. The highest BCUT2D eigenvalue weighted by Gasteiger charge is 2.20. The Bertz CT molecular complexity index is 408. The van der Waals surface area contributed by atoms with Crippen LogP contribution in [0.5, 0.6) is 0 Å². The Balaban J connectivity index is 0.00000220. The van der Waals surface area contributed by atoms with E-state index in [2.05, 4.69) is 53.9 Å². The third-order valence-electron chi connectivity index (χ3n) is 4.33. The fourth-order valence-electron chi connectivity index (χ4n) is 2.88. The second-order valence-electron chi connectivity index (χ2n) is 6.34. The van der Waals surface area contributed by atoms with Crippen molar-refractivity contribution in [3.63, 3.8) is 0 Å². The highest BCUT2D eigenvalue weighted by molar-refractivity contribution is 5.85. The van der Waals surface area contributed by atoms with Gasteiger partial charge >= 0.3 is 0 Å². The lowest BCUT2D eigenvalue weighted by Crippen LogP contribution is -2.36. The lowest BCUT2D eigenvalue weighted by molar-refractivity contribution is 0.175. The molecule has 122 valence electrons. The van der Waals surface area contributed by atoms with Crippen LogP contribution in [0.3, 0.4) is 0 Å². The zero-order valence-electron chi connectivity index (χ0n) is 13.9. The van der Waals surface area contributed by atoms with Gasteiger partial charge in [0.25, 0.3) is 0 Å². The largest absolute Gasteiger partial charge is 0.317 e. The predicted octanol–water partition coefficient (Wildman–Crippen LogP) is 3.02. The SMILES string of the molecule is CCNCC1CCN(Cc2cn(C(C)C)nc2C)CC1.Cl. The molecule has 1 aliphatic rings. The minimum Gasteiger partial charge on any atom is -0.317 e. The van der Waals surface area contributed by atoms with Crippen LogP contribution in [0.15, 0.2) is 6.20 Å². The molecule has 0 unspecified atom stereocenters. The molecular weight excluding hydrogens is 284 g/mol. The molecule has 0 bridgehead atoms. The van der Waals surface area contributed by atoms with E-state index in [0.717, 1.165) is 19.0 Å². The van der Waals surface area contributed by atoms with Gasteiger partial charge in [0, 0.05) is 24.3 Å². The highest BCUT2D eigenvalue weighted by Crippen LogP contribution is 2.20. The van der Waals surface area contributed by atoms with Crippen molar-refractivity contribution in [1.29, 1.82) is 0 Å². The Labute approximate surface area is 135 Å². The smallest absolute Gasteiger partial charge is 0.0638 e. The van der Waals surface area contributed by atoms with Crippen LogP contribution in [0.25, 0.3) is 0 Å². The fraction of sp³-hybridized carbons (Fsp3) is 0.812. The van der Waals surface area contributed by atoms with Crippen molar-refractivity contribution in [1.82, 2.24) is 20.0 Å². The molecule has 1 saturated heterocycles. The molecule has 0 amide bonds. The summed E-state index contributed by atoms with van der Waals surface area (Å²) < 4.78 is 2.09. The summed E-state index contributed by atoms with van der Waals surface area (Å²) >= 11 is 0. The van der Waals surface area contributed by atoms with Crippen LogP contribution >= 0.6 is 12.4 Å². The highest BCUT2D eigenvalue weighted by atomic mass is 35.5. The monoisotopic (exact) mass is 314 g/mol. The zero-order valence-corrected chi connectivity index (χ0v) is 14.7. The first-order chi connectivity index (χ1) is 9.60. The Morgan fingerprint density at radius 3 is 2.52 bits per heavy atom. The lowest BCUT2D eigenvalue weighted by atomic mass is 9.96. The van der Waals surface area contributed by atoms with Crippen LogP contribution in [-0.2, 0) is 6.54 Å². The minimum atomic E-state index is 0. The summed E-state index contributed by atoms with van der Waals surface area (Å²) in [5.74, 6) is 0.866. The normalized spacial score (nSPS) is 17.2. The van der Waals surface area contributed by atoms with Crippen molar-refractivity contribution < 1.29 is 0 Å². The van der Waals surface area contributed by atoms with Crippen molar-refractivity contribution in [3.05, 3.63) is 17.5 Å². The Morgan fingerprint density at radius 1 is 1.33 bits per heavy atom. The number of nitrogens with zero attached hydrogens (tertiary/aromatic N) is 3. The van der Waals surface area contributed by atoms with Crippen LogP contribution in [0, 0.1) is 12.8 Å². The summed E-state index contributed by atoms with van der Waals surface area (Å²) in [4.78, 5) is 2.58. The van der Waals surface area contributed by atoms with E-state index in [1.807, 2.05) is 0 Å². The topological polar surface area (TPSA) is 33.1 Å². The molecule has 1 fully saturated rings. The molecular formula is C16H31ClN4. The first-order valence-electron chi connectivity index (χ1n) is 8.07. The number of aryl methyl sites for hydroxylation is 1. The summed E-state index contributed by atoms with van der Waals surface area (Å²) in [6.45, 7) is 14.5. The molecule has 0 saturated carbocycles. The van der Waals surface area contributed by atoms with Crippen LogP contribution < -0.4 is 5.32 Å². The number of hydrogen-bond donors (Lipinski definition) is 1. The van der Waals surface area contributed by atoms with Crippen molar-refractivity contribution in [3.8, 4) is 0 Å². The number of hydrogen-bond acceptors (Lipinski definition) is 3. The van der Waals surface area contributed by atoms with Crippen LogP contribution in [0.1, 0.15) is 50.9 Å². The molecule has 1 aromatic heterocycles. The van der Waals surface area contributed by atoms with Gasteiger partial charge in [0.05, 0.1) is 5.69 Å². The number of aromatic nitrogens is 2. The Morgan fingerprint density at radius 2 is 2.00 bits per heavy atom. The van der Waals surface area contributed by atoms with E-state index in [-0.39, 0.29) is 12.4 Å².